The number of aliphatic hydroxyl groups excluding tert-OH is 1. The Labute approximate surface area is 167 Å². The molecule has 0 spiro atoms. The Balaban J connectivity index is 1.74. The van der Waals surface area contributed by atoms with Crippen molar-refractivity contribution in [3.63, 3.8) is 0 Å². The number of aromatic nitrogens is 2. The van der Waals surface area contributed by atoms with Gasteiger partial charge in [-0.2, -0.15) is 0 Å². The minimum Gasteiger partial charge on any atom is -0.394 e. The molecule has 0 radical (unpaired) electrons. The number of pyridine rings is 1. The summed E-state index contributed by atoms with van der Waals surface area (Å²) in [5, 5.41) is 11.4. The fourth-order valence-electron chi connectivity index (χ4n) is 4.29. The van der Waals surface area contributed by atoms with E-state index >= 15 is 0 Å². The highest BCUT2D eigenvalue weighted by Gasteiger charge is 2.30. The van der Waals surface area contributed by atoms with Crippen molar-refractivity contribution >= 4 is 22.2 Å². The number of carbonyl (C=O) groups is 1. The maximum absolute atomic E-state index is 13.8. The number of hydrogen-bond donors (Lipinski definition) is 1. The highest BCUT2D eigenvalue weighted by Crippen LogP contribution is 2.30. The summed E-state index contributed by atoms with van der Waals surface area (Å²) in [6.45, 7) is 0.600. The van der Waals surface area contributed by atoms with Gasteiger partial charge < -0.3 is 10.0 Å². The van der Waals surface area contributed by atoms with E-state index in [4.69, 9.17) is 0 Å². The molecule has 1 aliphatic heterocycles. The number of aliphatic hydroxyl groups is 1. The molecule has 2 aromatic carbocycles. The molecule has 1 amide bonds. The molecule has 2 aromatic heterocycles. The molecule has 0 bridgehead atoms. The van der Waals surface area contributed by atoms with Crippen LogP contribution in [0.1, 0.15) is 23.2 Å². The van der Waals surface area contributed by atoms with Crippen LogP contribution in [-0.2, 0) is 0 Å². The molecular weight excluding hydrogens is 369 g/mol. The van der Waals surface area contributed by atoms with E-state index in [0.717, 1.165) is 29.1 Å². The Bertz CT molecular complexity index is 1230. The number of likely N-dealkylation sites (tertiary alicyclic amines) is 1. The molecule has 4 aromatic rings. The number of benzene rings is 2. The highest BCUT2D eigenvalue weighted by molar-refractivity contribution is 6.11. The van der Waals surface area contributed by atoms with Gasteiger partial charge >= 0.3 is 0 Å². The molecule has 5 nitrogen and oxygen atoms in total. The second-order valence-electron chi connectivity index (χ2n) is 7.41. The number of nitrogens with zero attached hydrogens (tertiary/aromatic N) is 3. The van der Waals surface area contributed by atoms with Crippen molar-refractivity contribution < 1.29 is 14.3 Å². The largest absolute Gasteiger partial charge is 0.394 e. The van der Waals surface area contributed by atoms with Crippen LogP contribution in [0, 0.1) is 5.82 Å². The normalized spacial score (nSPS) is 16.8. The van der Waals surface area contributed by atoms with Gasteiger partial charge in [-0.1, -0.05) is 36.4 Å². The lowest BCUT2D eigenvalue weighted by atomic mass is 10.0. The van der Waals surface area contributed by atoms with E-state index in [1.165, 1.54) is 12.1 Å². The van der Waals surface area contributed by atoms with E-state index in [1.807, 2.05) is 28.7 Å². The third-order valence-corrected chi connectivity index (χ3v) is 5.71. The van der Waals surface area contributed by atoms with Crippen LogP contribution in [0.15, 0.2) is 60.9 Å². The minimum absolute atomic E-state index is 0.0362. The molecule has 1 aliphatic rings. The number of rotatable bonds is 3. The lowest BCUT2D eigenvalue weighted by Crippen LogP contribution is -2.37. The fraction of sp³-hybridized carbons (Fsp3) is 0.217. The first-order valence-electron chi connectivity index (χ1n) is 9.74. The average Bonchev–Trinajstić information content (AvgIpc) is 3.39. The SMILES string of the molecule is O=C(c1cn2c(-c3cccc(F)c3)ncc2c2ccccc12)N1CCCC1CO. The maximum atomic E-state index is 13.8. The second-order valence-corrected chi connectivity index (χ2v) is 7.41. The summed E-state index contributed by atoms with van der Waals surface area (Å²) in [5.41, 5.74) is 2.06. The Kier molecular flexibility index (Phi) is 4.28. The van der Waals surface area contributed by atoms with Gasteiger partial charge in [-0.15, -0.1) is 0 Å². The molecule has 3 heterocycles. The van der Waals surface area contributed by atoms with Gasteiger partial charge in [0.1, 0.15) is 11.6 Å². The maximum Gasteiger partial charge on any atom is 0.256 e. The first-order valence-corrected chi connectivity index (χ1v) is 9.74. The molecule has 0 aliphatic carbocycles. The van der Waals surface area contributed by atoms with Crippen LogP contribution in [0.5, 0.6) is 0 Å². The van der Waals surface area contributed by atoms with Gasteiger partial charge in [-0.3, -0.25) is 9.20 Å². The first kappa shape index (κ1) is 17.8. The Morgan fingerprint density at radius 1 is 1.17 bits per heavy atom. The molecule has 0 saturated carbocycles. The van der Waals surface area contributed by atoms with Gasteiger partial charge in [0.2, 0.25) is 0 Å². The number of fused-ring (bicyclic) bond motifs is 3. The zero-order valence-corrected chi connectivity index (χ0v) is 15.8. The standard InChI is InChI=1S/C23H20FN3O2/c24-16-6-3-5-15(11-16)22-25-12-21-19-9-2-1-8-18(19)20(13-27(21)22)23(29)26-10-4-7-17(26)14-28/h1-3,5-6,8-9,11-13,17,28H,4,7,10,14H2. The topological polar surface area (TPSA) is 57.8 Å². The van der Waals surface area contributed by atoms with E-state index in [0.29, 0.717) is 23.5 Å². The summed E-state index contributed by atoms with van der Waals surface area (Å²) in [6.07, 6.45) is 5.24. The number of halogens is 1. The lowest BCUT2D eigenvalue weighted by molar-refractivity contribution is 0.0679. The van der Waals surface area contributed by atoms with Crippen LogP contribution in [0.2, 0.25) is 0 Å². The predicted octanol–water partition coefficient (Wildman–Crippen LogP) is 3.89. The van der Waals surface area contributed by atoms with Gasteiger partial charge in [-0.05, 0) is 30.4 Å². The average molecular weight is 389 g/mol. The third kappa shape index (κ3) is 2.87. The number of hydrogen-bond acceptors (Lipinski definition) is 3. The molecule has 1 fully saturated rings. The number of carbonyl (C=O) groups excluding carboxylic acids is 1. The Morgan fingerprint density at radius 2 is 2.00 bits per heavy atom. The van der Waals surface area contributed by atoms with Crippen LogP contribution < -0.4 is 0 Å². The summed E-state index contributed by atoms with van der Waals surface area (Å²) in [7, 11) is 0. The van der Waals surface area contributed by atoms with Crippen LogP contribution in [0.4, 0.5) is 4.39 Å². The molecule has 1 N–H and O–H groups in total. The van der Waals surface area contributed by atoms with Crippen molar-refractivity contribution in [1.29, 1.82) is 0 Å². The third-order valence-electron chi connectivity index (χ3n) is 5.71. The molecule has 1 saturated heterocycles. The molecule has 29 heavy (non-hydrogen) atoms. The molecule has 146 valence electrons. The predicted molar refractivity (Wildman–Crippen MR) is 109 cm³/mol. The van der Waals surface area contributed by atoms with Crippen molar-refractivity contribution in [2.75, 3.05) is 13.2 Å². The summed E-state index contributed by atoms with van der Waals surface area (Å²) < 4.78 is 15.6. The first-order chi connectivity index (χ1) is 14.2. The summed E-state index contributed by atoms with van der Waals surface area (Å²) in [4.78, 5) is 19.7. The Hall–Kier alpha value is -3.25. The van der Waals surface area contributed by atoms with E-state index in [9.17, 15) is 14.3 Å². The summed E-state index contributed by atoms with van der Waals surface area (Å²) in [6, 6.07) is 13.9. The summed E-state index contributed by atoms with van der Waals surface area (Å²) >= 11 is 0. The van der Waals surface area contributed by atoms with E-state index < -0.39 is 0 Å². The number of imidazole rings is 1. The van der Waals surface area contributed by atoms with Crippen molar-refractivity contribution in [3.8, 4) is 11.4 Å². The van der Waals surface area contributed by atoms with Gasteiger partial charge in [0, 0.05) is 23.7 Å². The zero-order valence-electron chi connectivity index (χ0n) is 15.8. The van der Waals surface area contributed by atoms with Crippen molar-refractivity contribution in [2.45, 2.75) is 18.9 Å². The van der Waals surface area contributed by atoms with Gasteiger partial charge in [0.15, 0.2) is 0 Å². The Morgan fingerprint density at radius 3 is 2.79 bits per heavy atom. The van der Waals surface area contributed by atoms with Crippen LogP contribution >= 0.6 is 0 Å². The minimum atomic E-state index is -0.334. The molecule has 1 unspecified atom stereocenters. The van der Waals surface area contributed by atoms with Crippen LogP contribution in [0.25, 0.3) is 27.7 Å². The molecular formula is C23H20FN3O2. The van der Waals surface area contributed by atoms with Crippen molar-refractivity contribution in [3.05, 3.63) is 72.3 Å². The van der Waals surface area contributed by atoms with Gasteiger partial charge in [0.05, 0.1) is 29.9 Å². The monoisotopic (exact) mass is 389 g/mol. The molecule has 1 atom stereocenters. The second kappa shape index (κ2) is 6.97. The van der Waals surface area contributed by atoms with Crippen LogP contribution in [0.3, 0.4) is 0 Å². The lowest BCUT2D eigenvalue weighted by Gasteiger charge is -2.24. The molecule has 6 heteroatoms. The number of amides is 1. The zero-order chi connectivity index (χ0) is 20.0. The van der Waals surface area contributed by atoms with E-state index in [1.54, 1.807) is 29.4 Å². The highest BCUT2D eigenvalue weighted by atomic mass is 19.1. The summed E-state index contributed by atoms with van der Waals surface area (Å²) in [5.74, 6) is 0.150. The van der Waals surface area contributed by atoms with Gasteiger partial charge in [0.25, 0.3) is 5.91 Å². The van der Waals surface area contributed by atoms with Crippen molar-refractivity contribution in [1.82, 2.24) is 14.3 Å². The quantitative estimate of drug-likeness (QED) is 0.578. The van der Waals surface area contributed by atoms with Crippen LogP contribution in [-0.4, -0.2) is 44.5 Å². The van der Waals surface area contributed by atoms with E-state index in [2.05, 4.69) is 4.98 Å². The smallest absolute Gasteiger partial charge is 0.256 e. The van der Waals surface area contributed by atoms with Gasteiger partial charge in [-0.25, -0.2) is 9.37 Å². The van der Waals surface area contributed by atoms with E-state index in [-0.39, 0.29) is 24.4 Å². The van der Waals surface area contributed by atoms with Crippen molar-refractivity contribution in [2.24, 2.45) is 0 Å². The fourth-order valence-corrected chi connectivity index (χ4v) is 4.29. The molecule has 5 rings (SSSR count).